The zero-order valence-corrected chi connectivity index (χ0v) is 29.5. The summed E-state index contributed by atoms with van der Waals surface area (Å²) < 4.78 is 47.7. The lowest BCUT2D eigenvalue weighted by molar-refractivity contribution is -0.126. The summed E-state index contributed by atoms with van der Waals surface area (Å²) >= 11 is 3.91. The number of aldehydes is 1. The average Bonchev–Trinajstić information content (AvgIpc) is 3.03. The molecule has 2 aromatic carbocycles. The number of carbonyl (C=O) groups excluding carboxylic acids is 1. The van der Waals surface area contributed by atoms with Crippen LogP contribution >= 0.6 is 23.5 Å². The first-order valence-corrected chi connectivity index (χ1v) is 19.5. The van der Waals surface area contributed by atoms with Crippen LogP contribution in [0.15, 0.2) is 60.2 Å². The average molecular weight is 674 g/mol. The van der Waals surface area contributed by atoms with Crippen molar-refractivity contribution in [1.82, 2.24) is 4.31 Å². The highest BCUT2D eigenvalue weighted by atomic mass is 32.2. The van der Waals surface area contributed by atoms with Crippen molar-refractivity contribution in [2.45, 2.75) is 68.1 Å². The van der Waals surface area contributed by atoms with Gasteiger partial charge in [-0.2, -0.15) is 4.31 Å². The van der Waals surface area contributed by atoms with Gasteiger partial charge in [0, 0.05) is 32.0 Å². The maximum absolute atomic E-state index is 14.4. The summed E-state index contributed by atoms with van der Waals surface area (Å²) in [6.07, 6.45) is 7.29. The van der Waals surface area contributed by atoms with Crippen LogP contribution < -0.4 is 9.47 Å². The van der Waals surface area contributed by atoms with Crippen molar-refractivity contribution in [1.29, 1.82) is 0 Å². The molecule has 0 radical (unpaired) electrons. The molecule has 6 atom stereocenters. The monoisotopic (exact) mass is 673 g/mol. The third-order valence-corrected chi connectivity index (χ3v) is 15.7. The van der Waals surface area contributed by atoms with Crippen LogP contribution in [0.4, 0.5) is 0 Å². The Balaban J connectivity index is 1.38. The molecule has 1 heterocycles. The minimum absolute atomic E-state index is 0.0224. The molecule has 2 fully saturated rings. The van der Waals surface area contributed by atoms with Crippen molar-refractivity contribution in [3.8, 4) is 11.5 Å². The van der Waals surface area contributed by atoms with Crippen LogP contribution in [-0.4, -0.2) is 67.3 Å². The standard InChI is InChI=1S/C35H47NO6S3/c1-24(29-19-30(20-29)35(42-5,33-16-11-28(33)23-37)34-43-17-6-18-44-34)25(2)45(38,39)36(21-26-7-12-31(40-3)13-8-26)22-27-9-14-32(41-4)15-10-27/h7-10,12-15,19,23-25,28-29,33-34H,6,11,16-18,20-22H2,1-5H3/t24-,25-,28+,29+,33-,35+/m1/s1. The first kappa shape index (κ1) is 34.4. The molecule has 3 aliphatic rings. The van der Waals surface area contributed by atoms with Gasteiger partial charge >= 0.3 is 0 Å². The van der Waals surface area contributed by atoms with E-state index in [1.807, 2.05) is 79.0 Å². The van der Waals surface area contributed by atoms with Gasteiger partial charge in [0.15, 0.2) is 0 Å². The molecule has 0 N–H and O–H groups in total. The number of allylic oxidation sites excluding steroid dienone is 1. The van der Waals surface area contributed by atoms with E-state index in [0.29, 0.717) is 0 Å². The van der Waals surface area contributed by atoms with Crippen molar-refractivity contribution in [3.05, 3.63) is 71.3 Å². The fraction of sp³-hybridized carbons (Fsp3) is 0.571. The quantitative estimate of drug-likeness (QED) is 0.151. The smallest absolute Gasteiger partial charge is 0.217 e. The molecule has 1 aliphatic heterocycles. The molecule has 45 heavy (non-hydrogen) atoms. The number of rotatable bonds is 15. The van der Waals surface area contributed by atoms with Crippen LogP contribution in [0.2, 0.25) is 0 Å². The van der Waals surface area contributed by atoms with E-state index >= 15 is 0 Å². The topological polar surface area (TPSA) is 82.1 Å². The summed E-state index contributed by atoms with van der Waals surface area (Å²) in [5, 5.41) is -0.599. The summed E-state index contributed by atoms with van der Waals surface area (Å²) in [5.41, 5.74) is 2.57. The van der Waals surface area contributed by atoms with E-state index in [4.69, 9.17) is 14.2 Å². The van der Waals surface area contributed by atoms with Crippen LogP contribution in [-0.2, 0) is 32.6 Å². The molecule has 2 aromatic rings. The largest absolute Gasteiger partial charge is 0.497 e. The Morgan fingerprint density at radius 3 is 1.87 bits per heavy atom. The second-order valence-electron chi connectivity index (χ2n) is 12.5. The molecule has 0 aromatic heterocycles. The lowest BCUT2D eigenvalue weighted by atomic mass is 9.59. The second kappa shape index (κ2) is 14.8. The van der Waals surface area contributed by atoms with E-state index in [9.17, 15) is 13.2 Å². The van der Waals surface area contributed by atoms with Gasteiger partial charge in [-0.1, -0.05) is 37.3 Å². The van der Waals surface area contributed by atoms with Crippen LogP contribution in [0.5, 0.6) is 11.5 Å². The SMILES string of the molecule is COc1ccc(CN(Cc2ccc(OC)cc2)S(=O)(=O)[C@H](C)[C@@H](C)[C@H]2C=C([C@@](OC)(C3SCCCS3)[C@@H]3CC[C@H]3C=O)C2)cc1. The van der Waals surface area contributed by atoms with E-state index in [-0.39, 0.29) is 41.3 Å². The van der Waals surface area contributed by atoms with Gasteiger partial charge in [-0.25, -0.2) is 8.42 Å². The van der Waals surface area contributed by atoms with Crippen LogP contribution in [0, 0.1) is 23.7 Å². The molecular weight excluding hydrogens is 627 g/mol. The Hall–Kier alpha value is -1.98. The molecule has 7 nitrogen and oxygen atoms in total. The van der Waals surface area contributed by atoms with Crippen molar-refractivity contribution >= 4 is 39.8 Å². The Morgan fingerprint density at radius 2 is 1.44 bits per heavy atom. The zero-order valence-electron chi connectivity index (χ0n) is 27.0. The maximum atomic E-state index is 14.4. The van der Waals surface area contributed by atoms with Crippen molar-refractivity contribution in [2.24, 2.45) is 23.7 Å². The van der Waals surface area contributed by atoms with Gasteiger partial charge in [-0.05, 0) is 96.9 Å². The van der Waals surface area contributed by atoms with E-state index in [0.717, 1.165) is 59.7 Å². The fourth-order valence-corrected chi connectivity index (χ4v) is 12.4. The Labute approximate surface area is 277 Å². The first-order valence-electron chi connectivity index (χ1n) is 15.9. The molecule has 2 aliphatic carbocycles. The van der Waals surface area contributed by atoms with E-state index in [2.05, 4.69) is 13.0 Å². The number of methoxy groups -OCH3 is 3. The molecule has 0 amide bonds. The molecule has 0 bridgehead atoms. The van der Waals surface area contributed by atoms with Gasteiger partial charge in [-0.15, -0.1) is 23.5 Å². The van der Waals surface area contributed by atoms with Gasteiger partial charge < -0.3 is 19.0 Å². The summed E-state index contributed by atoms with van der Waals surface area (Å²) in [7, 11) is 1.35. The number of ether oxygens (including phenoxy) is 3. The van der Waals surface area contributed by atoms with Crippen LogP contribution in [0.3, 0.4) is 0 Å². The number of thioether (sulfide) groups is 2. The molecule has 10 heteroatoms. The van der Waals surface area contributed by atoms with Crippen molar-refractivity contribution in [2.75, 3.05) is 32.8 Å². The van der Waals surface area contributed by atoms with E-state index in [1.54, 1.807) is 25.6 Å². The van der Waals surface area contributed by atoms with E-state index in [1.165, 1.54) is 12.0 Å². The molecule has 1 saturated heterocycles. The summed E-state index contributed by atoms with van der Waals surface area (Å²) in [6.45, 7) is 4.44. The van der Waals surface area contributed by atoms with Crippen molar-refractivity contribution < 1.29 is 27.4 Å². The second-order valence-corrected chi connectivity index (χ2v) is 17.6. The summed E-state index contributed by atoms with van der Waals surface area (Å²) in [4.78, 5) is 12.0. The van der Waals surface area contributed by atoms with E-state index < -0.39 is 20.9 Å². The molecule has 5 rings (SSSR count). The minimum Gasteiger partial charge on any atom is -0.497 e. The number of hydrogen-bond donors (Lipinski definition) is 0. The van der Waals surface area contributed by atoms with Crippen LogP contribution in [0.25, 0.3) is 0 Å². The fourth-order valence-electron chi connectivity index (χ4n) is 6.97. The van der Waals surface area contributed by atoms with Gasteiger partial charge in [-0.3, -0.25) is 0 Å². The molecule has 246 valence electrons. The predicted octanol–water partition coefficient (Wildman–Crippen LogP) is 6.81. The summed E-state index contributed by atoms with van der Waals surface area (Å²) in [5.74, 6) is 3.89. The molecule has 0 unspecified atom stereocenters. The summed E-state index contributed by atoms with van der Waals surface area (Å²) in [6, 6.07) is 15.1. The maximum Gasteiger partial charge on any atom is 0.217 e. The minimum atomic E-state index is -3.70. The first-order chi connectivity index (χ1) is 21.7. The highest BCUT2D eigenvalue weighted by Gasteiger charge is 2.57. The van der Waals surface area contributed by atoms with Gasteiger partial charge in [0.2, 0.25) is 10.0 Å². The number of benzene rings is 2. The predicted molar refractivity (Wildman–Crippen MR) is 184 cm³/mol. The van der Waals surface area contributed by atoms with Gasteiger partial charge in [0.05, 0.1) is 24.1 Å². The van der Waals surface area contributed by atoms with Gasteiger partial charge in [0.1, 0.15) is 23.4 Å². The third-order valence-electron chi connectivity index (χ3n) is 10.2. The Bertz CT molecular complexity index is 1370. The molecule has 1 saturated carbocycles. The zero-order chi connectivity index (χ0) is 32.2. The lowest BCUT2D eigenvalue weighted by Crippen LogP contribution is -2.58. The highest BCUT2D eigenvalue weighted by Crippen LogP contribution is 2.58. The normalized spacial score (nSPS) is 24.8. The molecule has 0 spiro atoms. The number of nitrogens with zero attached hydrogens (tertiary/aromatic N) is 1. The number of hydrogen-bond acceptors (Lipinski definition) is 8. The third kappa shape index (κ3) is 7.00. The number of carbonyl (C=O) groups is 1. The highest BCUT2D eigenvalue weighted by molar-refractivity contribution is 8.17. The molecular formula is C35H47NO6S3. The Morgan fingerprint density at radius 1 is 0.911 bits per heavy atom. The van der Waals surface area contributed by atoms with Crippen molar-refractivity contribution in [3.63, 3.8) is 0 Å². The van der Waals surface area contributed by atoms with Gasteiger partial charge in [0.25, 0.3) is 0 Å². The Kier molecular flexibility index (Phi) is 11.3. The lowest BCUT2D eigenvalue weighted by Gasteiger charge is -2.55. The van der Waals surface area contributed by atoms with Crippen LogP contribution in [0.1, 0.15) is 50.7 Å². The number of sulfonamides is 1.